The molecule has 2 amide bonds. The van der Waals surface area contributed by atoms with Gasteiger partial charge in [-0.05, 0) is 12.1 Å². The van der Waals surface area contributed by atoms with E-state index in [1.54, 1.807) is 30.3 Å². The van der Waals surface area contributed by atoms with Crippen LogP contribution in [0.1, 0.15) is 18.2 Å². The molecule has 2 aliphatic heterocycles. The second kappa shape index (κ2) is 5.40. The zero-order chi connectivity index (χ0) is 18.6. The first kappa shape index (κ1) is 16.3. The molecule has 2 fully saturated rings. The molecule has 134 valence electrons. The molecule has 2 aromatic rings. The second-order valence-corrected chi connectivity index (χ2v) is 6.51. The lowest BCUT2D eigenvalue weighted by molar-refractivity contribution is -0.154. The van der Waals surface area contributed by atoms with Gasteiger partial charge >= 0.3 is 11.9 Å². The van der Waals surface area contributed by atoms with E-state index < -0.39 is 53.6 Å². The summed E-state index contributed by atoms with van der Waals surface area (Å²) in [5.41, 5.74) is -1.56. The minimum atomic E-state index is -2.10. The molecule has 26 heavy (non-hydrogen) atoms. The Bertz CT molecular complexity index is 932. The number of carboxylic acid groups (broad SMARTS) is 2. The quantitative estimate of drug-likeness (QED) is 0.570. The molecule has 0 radical (unpaired) electrons. The number of imide groups is 1. The van der Waals surface area contributed by atoms with Crippen molar-refractivity contribution in [3.8, 4) is 0 Å². The van der Waals surface area contributed by atoms with Crippen LogP contribution in [0.5, 0.6) is 0 Å². The van der Waals surface area contributed by atoms with Crippen molar-refractivity contribution in [2.24, 2.45) is 11.8 Å². The zero-order valence-corrected chi connectivity index (χ0v) is 13.3. The van der Waals surface area contributed by atoms with Gasteiger partial charge in [0.05, 0.1) is 24.3 Å². The fourth-order valence-corrected chi connectivity index (χ4v) is 4.00. The zero-order valence-electron chi connectivity index (χ0n) is 13.3. The van der Waals surface area contributed by atoms with E-state index in [1.807, 2.05) is 0 Å². The van der Waals surface area contributed by atoms with Crippen LogP contribution in [0.3, 0.4) is 0 Å². The average molecular weight is 358 g/mol. The summed E-state index contributed by atoms with van der Waals surface area (Å²) in [5.74, 6) is -6.48. The van der Waals surface area contributed by atoms with Crippen molar-refractivity contribution in [2.45, 2.75) is 18.0 Å². The van der Waals surface area contributed by atoms with E-state index in [2.05, 4.69) is 10.6 Å². The van der Waals surface area contributed by atoms with E-state index in [1.165, 1.54) is 0 Å². The van der Waals surface area contributed by atoms with Crippen LogP contribution in [0.25, 0.3) is 11.0 Å². The van der Waals surface area contributed by atoms with Crippen molar-refractivity contribution in [3.63, 3.8) is 0 Å². The van der Waals surface area contributed by atoms with Crippen molar-refractivity contribution in [2.75, 3.05) is 0 Å². The molecule has 4 N–H and O–H groups in total. The van der Waals surface area contributed by atoms with Gasteiger partial charge in [0, 0.05) is 5.39 Å². The molecule has 4 unspecified atom stereocenters. The number of furan rings is 1. The Balaban J connectivity index is 1.85. The molecule has 2 aliphatic rings. The first-order chi connectivity index (χ1) is 12.3. The SMILES string of the molecule is O=C(O)CC1(C(=O)O)NC(c2cc3ccccc3o2)C2C(=O)NC(=O)C21. The number of amides is 2. The van der Waals surface area contributed by atoms with Crippen molar-refractivity contribution >= 4 is 34.7 Å². The summed E-state index contributed by atoms with van der Waals surface area (Å²) in [5, 5.41) is 24.5. The number of para-hydroxylation sites is 1. The third kappa shape index (κ3) is 2.14. The number of benzene rings is 1. The average Bonchev–Trinajstić information content (AvgIpc) is 3.21. The molecule has 0 aliphatic carbocycles. The van der Waals surface area contributed by atoms with E-state index in [9.17, 15) is 29.4 Å². The van der Waals surface area contributed by atoms with Crippen molar-refractivity contribution in [1.82, 2.24) is 10.6 Å². The molecule has 9 nitrogen and oxygen atoms in total. The number of carboxylic acids is 2. The van der Waals surface area contributed by atoms with Crippen LogP contribution < -0.4 is 10.6 Å². The summed E-state index contributed by atoms with van der Waals surface area (Å²) in [6, 6.07) is 7.78. The number of rotatable bonds is 4. The summed E-state index contributed by atoms with van der Waals surface area (Å²) in [4.78, 5) is 47.8. The summed E-state index contributed by atoms with van der Waals surface area (Å²) in [6.07, 6.45) is -0.846. The van der Waals surface area contributed by atoms with Crippen LogP contribution in [-0.4, -0.2) is 39.5 Å². The number of carbonyl (C=O) groups is 4. The van der Waals surface area contributed by atoms with Crippen LogP contribution in [0.15, 0.2) is 34.7 Å². The maximum Gasteiger partial charge on any atom is 0.325 e. The normalized spacial score (nSPS) is 30.4. The van der Waals surface area contributed by atoms with Crippen molar-refractivity contribution in [1.29, 1.82) is 0 Å². The Hall–Kier alpha value is -3.20. The Labute approximate surface area is 146 Å². The minimum absolute atomic E-state index is 0.277. The first-order valence-corrected chi connectivity index (χ1v) is 7.89. The van der Waals surface area contributed by atoms with Gasteiger partial charge in [-0.2, -0.15) is 0 Å². The van der Waals surface area contributed by atoms with E-state index in [0.717, 1.165) is 5.39 Å². The highest BCUT2D eigenvalue weighted by Crippen LogP contribution is 2.48. The molecule has 4 rings (SSSR count). The molecular formula is C17H14N2O7. The molecule has 0 spiro atoms. The molecular weight excluding hydrogens is 344 g/mol. The predicted molar refractivity (Wildman–Crippen MR) is 84.8 cm³/mol. The fourth-order valence-electron chi connectivity index (χ4n) is 4.00. The van der Waals surface area contributed by atoms with Crippen LogP contribution in [0.4, 0.5) is 0 Å². The summed E-state index contributed by atoms with van der Waals surface area (Å²) in [7, 11) is 0. The Kier molecular flexibility index (Phi) is 3.38. The molecule has 2 saturated heterocycles. The van der Waals surface area contributed by atoms with Gasteiger partial charge in [-0.15, -0.1) is 0 Å². The van der Waals surface area contributed by atoms with Crippen LogP contribution in [0.2, 0.25) is 0 Å². The molecule has 1 aromatic heterocycles. The smallest absolute Gasteiger partial charge is 0.325 e. The Morgan fingerprint density at radius 3 is 2.54 bits per heavy atom. The lowest BCUT2D eigenvalue weighted by atomic mass is 9.78. The molecule has 0 saturated carbocycles. The van der Waals surface area contributed by atoms with Gasteiger partial charge < -0.3 is 14.6 Å². The highest BCUT2D eigenvalue weighted by Gasteiger charge is 2.67. The van der Waals surface area contributed by atoms with Crippen LogP contribution in [0, 0.1) is 11.8 Å². The number of hydrogen-bond donors (Lipinski definition) is 4. The standard InChI is InChI=1S/C17H14N2O7/c20-10(21)6-17(16(24)25)12-11(14(22)18-15(12)23)13(19-17)9-5-7-3-1-2-4-8(7)26-9/h1-5,11-13,19H,6H2,(H,20,21)(H,24,25)(H,18,22,23). The highest BCUT2D eigenvalue weighted by molar-refractivity contribution is 6.10. The molecule has 0 bridgehead atoms. The van der Waals surface area contributed by atoms with Gasteiger partial charge in [-0.3, -0.25) is 29.8 Å². The summed E-state index contributed by atoms with van der Waals surface area (Å²) < 4.78 is 5.73. The van der Waals surface area contributed by atoms with Gasteiger partial charge in [-0.1, -0.05) is 18.2 Å². The molecule has 3 heterocycles. The number of aliphatic carboxylic acids is 2. The maximum absolute atomic E-state index is 12.3. The van der Waals surface area contributed by atoms with E-state index in [0.29, 0.717) is 5.58 Å². The number of fused-ring (bicyclic) bond motifs is 2. The number of carbonyl (C=O) groups excluding carboxylic acids is 2. The van der Waals surface area contributed by atoms with Crippen molar-refractivity contribution in [3.05, 3.63) is 36.1 Å². The number of nitrogens with one attached hydrogen (secondary N) is 2. The predicted octanol–water partition coefficient (Wildman–Crippen LogP) is 0.264. The van der Waals surface area contributed by atoms with Gasteiger partial charge in [0.25, 0.3) is 0 Å². The number of hydrogen-bond acceptors (Lipinski definition) is 6. The Morgan fingerprint density at radius 1 is 1.15 bits per heavy atom. The largest absolute Gasteiger partial charge is 0.481 e. The Morgan fingerprint density at radius 2 is 1.88 bits per heavy atom. The third-order valence-electron chi connectivity index (χ3n) is 5.06. The highest BCUT2D eigenvalue weighted by atomic mass is 16.4. The minimum Gasteiger partial charge on any atom is -0.481 e. The molecule has 1 aromatic carbocycles. The van der Waals surface area contributed by atoms with Gasteiger partial charge in [0.2, 0.25) is 11.8 Å². The molecule has 4 atom stereocenters. The lowest BCUT2D eigenvalue weighted by Crippen LogP contribution is -2.56. The van der Waals surface area contributed by atoms with Crippen LogP contribution in [-0.2, 0) is 19.2 Å². The van der Waals surface area contributed by atoms with Crippen LogP contribution >= 0.6 is 0 Å². The summed E-state index contributed by atoms with van der Waals surface area (Å²) in [6.45, 7) is 0. The van der Waals surface area contributed by atoms with Gasteiger partial charge in [0.1, 0.15) is 16.9 Å². The molecule has 9 heteroatoms. The third-order valence-corrected chi connectivity index (χ3v) is 5.06. The fraction of sp³-hybridized carbons (Fsp3) is 0.294. The monoisotopic (exact) mass is 358 g/mol. The summed E-state index contributed by atoms with van der Waals surface area (Å²) >= 11 is 0. The van der Waals surface area contributed by atoms with E-state index in [4.69, 9.17) is 4.42 Å². The van der Waals surface area contributed by atoms with E-state index in [-0.39, 0.29) is 5.76 Å². The lowest BCUT2D eigenvalue weighted by Gasteiger charge is -2.27. The van der Waals surface area contributed by atoms with E-state index >= 15 is 0 Å². The van der Waals surface area contributed by atoms with Gasteiger partial charge in [0.15, 0.2) is 0 Å². The second-order valence-electron chi connectivity index (χ2n) is 6.51. The topological polar surface area (TPSA) is 146 Å². The van der Waals surface area contributed by atoms with Crippen molar-refractivity contribution < 1.29 is 33.8 Å². The maximum atomic E-state index is 12.3. The first-order valence-electron chi connectivity index (χ1n) is 7.89. The van der Waals surface area contributed by atoms with Gasteiger partial charge in [-0.25, -0.2) is 0 Å².